The van der Waals surface area contributed by atoms with Crippen molar-refractivity contribution in [3.05, 3.63) is 87.2 Å². The summed E-state index contributed by atoms with van der Waals surface area (Å²) in [4.78, 5) is 18.1. The van der Waals surface area contributed by atoms with Gasteiger partial charge in [0.15, 0.2) is 5.82 Å². The lowest BCUT2D eigenvalue weighted by atomic mass is 10.1. The lowest BCUT2D eigenvalue weighted by Gasteiger charge is -2.30. The van der Waals surface area contributed by atoms with Crippen molar-refractivity contribution in [2.24, 2.45) is 0 Å². The highest BCUT2D eigenvalue weighted by atomic mass is 19.1. The molecule has 0 aliphatic carbocycles. The second kappa shape index (κ2) is 10.7. The molecule has 0 saturated heterocycles. The van der Waals surface area contributed by atoms with Crippen LogP contribution in [-0.2, 0) is 13.1 Å². The van der Waals surface area contributed by atoms with Crippen molar-refractivity contribution < 1.29 is 9.50 Å². The molecule has 0 saturated carbocycles. The van der Waals surface area contributed by atoms with Gasteiger partial charge in [0, 0.05) is 25.3 Å². The van der Waals surface area contributed by atoms with Crippen molar-refractivity contribution in [1.29, 1.82) is 0 Å². The molecule has 0 amide bonds. The largest absolute Gasteiger partial charge is 0.396 e. The van der Waals surface area contributed by atoms with E-state index >= 15 is 0 Å². The van der Waals surface area contributed by atoms with Crippen molar-refractivity contribution >= 4 is 10.9 Å². The number of H-pyrrole nitrogens is 1. The molecule has 0 bridgehead atoms. The van der Waals surface area contributed by atoms with E-state index in [0.29, 0.717) is 43.9 Å². The second-order valence-electron chi connectivity index (χ2n) is 8.46. The summed E-state index contributed by atoms with van der Waals surface area (Å²) in [5.74, 6) is 0.371. The van der Waals surface area contributed by atoms with Crippen LogP contribution in [0.1, 0.15) is 48.3 Å². The Labute approximate surface area is 197 Å². The molecule has 2 aromatic carbocycles. The number of hydrogen-bond acceptors (Lipinski definition) is 6. The third kappa shape index (κ3) is 5.21. The number of halogens is 1. The number of tetrazole rings is 1. The van der Waals surface area contributed by atoms with Crippen LogP contribution in [0.3, 0.4) is 0 Å². The normalized spacial score (nSPS) is 12.5. The first kappa shape index (κ1) is 23.7. The number of aromatic nitrogens is 5. The van der Waals surface area contributed by atoms with Gasteiger partial charge < -0.3 is 10.1 Å². The molecule has 2 aromatic heterocycles. The predicted molar refractivity (Wildman–Crippen MR) is 128 cm³/mol. The van der Waals surface area contributed by atoms with Gasteiger partial charge in [0.05, 0.1) is 18.1 Å². The highest BCUT2D eigenvalue weighted by Gasteiger charge is 2.25. The molecule has 1 atom stereocenters. The van der Waals surface area contributed by atoms with Crippen LogP contribution in [0.25, 0.3) is 10.9 Å². The molecule has 0 spiro atoms. The molecule has 0 fully saturated rings. The number of aliphatic hydroxyl groups is 1. The number of aliphatic hydroxyl groups excluding tert-OH is 1. The van der Waals surface area contributed by atoms with Gasteiger partial charge in [0.25, 0.3) is 5.56 Å². The Kier molecular flexibility index (Phi) is 7.44. The van der Waals surface area contributed by atoms with E-state index in [-0.39, 0.29) is 24.0 Å². The highest BCUT2D eigenvalue weighted by molar-refractivity contribution is 5.81. The number of nitrogens with zero attached hydrogens (tertiary/aromatic N) is 5. The lowest BCUT2D eigenvalue weighted by molar-refractivity contribution is 0.152. The Balaban J connectivity index is 1.65. The molecule has 2 N–H and O–H groups in total. The number of hydrogen-bond donors (Lipinski definition) is 2. The van der Waals surface area contributed by atoms with E-state index in [1.807, 2.05) is 38.1 Å². The minimum absolute atomic E-state index is 0.0424. The zero-order valence-electron chi connectivity index (χ0n) is 19.4. The molecule has 4 aromatic rings. The quantitative estimate of drug-likeness (QED) is 0.373. The number of nitrogens with one attached hydrogen (secondary N) is 1. The first-order valence-corrected chi connectivity index (χ1v) is 11.5. The minimum Gasteiger partial charge on any atom is -0.396 e. The molecular formula is C25H29FN6O2. The third-order valence-electron chi connectivity index (χ3n) is 6.07. The van der Waals surface area contributed by atoms with E-state index in [4.69, 9.17) is 0 Å². The van der Waals surface area contributed by atoms with Crippen LogP contribution < -0.4 is 5.56 Å². The van der Waals surface area contributed by atoms with Gasteiger partial charge in [-0.25, -0.2) is 9.07 Å². The zero-order valence-corrected chi connectivity index (χ0v) is 19.4. The highest BCUT2D eigenvalue weighted by Crippen LogP contribution is 2.25. The summed E-state index contributed by atoms with van der Waals surface area (Å²) < 4.78 is 15.0. The third-order valence-corrected chi connectivity index (χ3v) is 6.07. The smallest absolute Gasteiger partial charge is 0.252 e. The molecule has 0 aliphatic heterocycles. The zero-order chi connectivity index (χ0) is 24.1. The van der Waals surface area contributed by atoms with Crippen molar-refractivity contribution in [3.63, 3.8) is 0 Å². The SMILES string of the molecule is CCC(c1nnnn1Cc1ccc(F)cc1)N(CCCO)Cc1cc2cccc(C)c2[nH]c1=O. The van der Waals surface area contributed by atoms with Crippen molar-refractivity contribution in [2.75, 3.05) is 13.2 Å². The Bertz CT molecular complexity index is 1300. The van der Waals surface area contributed by atoms with Gasteiger partial charge in [-0.05, 0) is 64.9 Å². The summed E-state index contributed by atoms with van der Waals surface area (Å²) in [6.07, 6.45) is 1.26. The Morgan fingerprint density at radius 1 is 1.21 bits per heavy atom. The van der Waals surface area contributed by atoms with Crippen LogP contribution in [0.5, 0.6) is 0 Å². The molecule has 9 heteroatoms. The van der Waals surface area contributed by atoms with Crippen LogP contribution in [-0.4, -0.2) is 48.3 Å². The van der Waals surface area contributed by atoms with Gasteiger partial charge in [-0.1, -0.05) is 37.3 Å². The predicted octanol–water partition coefficient (Wildman–Crippen LogP) is 3.35. The van der Waals surface area contributed by atoms with Crippen molar-refractivity contribution in [3.8, 4) is 0 Å². The fourth-order valence-electron chi connectivity index (χ4n) is 4.31. The van der Waals surface area contributed by atoms with E-state index in [2.05, 4.69) is 25.4 Å². The molecule has 4 rings (SSSR count). The van der Waals surface area contributed by atoms with Crippen molar-refractivity contribution in [2.45, 2.75) is 45.8 Å². The van der Waals surface area contributed by atoms with Gasteiger partial charge in [-0.3, -0.25) is 9.69 Å². The minimum atomic E-state index is -0.293. The van der Waals surface area contributed by atoms with E-state index in [1.54, 1.807) is 16.8 Å². The monoisotopic (exact) mass is 464 g/mol. The van der Waals surface area contributed by atoms with Crippen LogP contribution in [0.15, 0.2) is 53.3 Å². The van der Waals surface area contributed by atoms with Gasteiger partial charge in [-0.15, -0.1) is 5.10 Å². The summed E-state index contributed by atoms with van der Waals surface area (Å²) in [7, 11) is 0. The summed E-state index contributed by atoms with van der Waals surface area (Å²) in [5, 5.41) is 22.8. The van der Waals surface area contributed by atoms with Crippen LogP contribution >= 0.6 is 0 Å². The van der Waals surface area contributed by atoms with Crippen LogP contribution in [0.2, 0.25) is 0 Å². The molecule has 1 unspecified atom stereocenters. The van der Waals surface area contributed by atoms with E-state index in [1.165, 1.54) is 12.1 Å². The van der Waals surface area contributed by atoms with Gasteiger partial charge >= 0.3 is 0 Å². The van der Waals surface area contributed by atoms with Gasteiger partial charge in [-0.2, -0.15) is 0 Å². The molecule has 8 nitrogen and oxygen atoms in total. The summed E-state index contributed by atoms with van der Waals surface area (Å²) >= 11 is 0. The molecule has 34 heavy (non-hydrogen) atoms. The number of aromatic amines is 1. The van der Waals surface area contributed by atoms with Gasteiger partial charge in [0.1, 0.15) is 5.82 Å². The summed E-state index contributed by atoms with van der Waals surface area (Å²) in [5.41, 5.74) is 3.26. The topological polar surface area (TPSA) is 99.9 Å². The lowest BCUT2D eigenvalue weighted by Crippen LogP contribution is -2.34. The maximum atomic E-state index is 13.3. The number of rotatable bonds is 10. The molecule has 0 aliphatic rings. The van der Waals surface area contributed by atoms with E-state index in [9.17, 15) is 14.3 Å². The van der Waals surface area contributed by atoms with E-state index < -0.39 is 0 Å². The maximum Gasteiger partial charge on any atom is 0.252 e. The Morgan fingerprint density at radius 3 is 2.74 bits per heavy atom. The standard InChI is InChI=1S/C25H29FN6O2/c1-3-22(24-28-29-30-32(24)15-18-8-10-21(26)11-9-18)31(12-5-13-33)16-20-14-19-7-4-6-17(2)23(19)27-25(20)34/h4,6-11,14,22,33H,3,5,12-13,15-16H2,1-2H3,(H,27,34). The second-order valence-corrected chi connectivity index (χ2v) is 8.46. The van der Waals surface area contributed by atoms with Crippen molar-refractivity contribution in [1.82, 2.24) is 30.1 Å². The summed E-state index contributed by atoms with van der Waals surface area (Å²) in [6.45, 7) is 5.43. The number of benzene rings is 2. The first-order valence-electron chi connectivity index (χ1n) is 11.5. The maximum absolute atomic E-state index is 13.3. The number of fused-ring (bicyclic) bond motifs is 1. The Hall–Kier alpha value is -3.43. The van der Waals surface area contributed by atoms with E-state index in [0.717, 1.165) is 22.0 Å². The van der Waals surface area contributed by atoms with Gasteiger partial charge in [0.2, 0.25) is 0 Å². The molecule has 0 radical (unpaired) electrons. The number of pyridine rings is 1. The average Bonchev–Trinajstić information content (AvgIpc) is 3.28. The van der Waals surface area contributed by atoms with Crippen LogP contribution in [0, 0.1) is 12.7 Å². The summed E-state index contributed by atoms with van der Waals surface area (Å²) in [6, 6.07) is 13.9. The fraction of sp³-hybridized carbons (Fsp3) is 0.360. The number of para-hydroxylation sites is 1. The molecule has 2 heterocycles. The van der Waals surface area contributed by atoms with Crippen LogP contribution in [0.4, 0.5) is 4.39 Å². The average molecular weight is 465 g/mol. The molecular weight excluding hydrogens is 435 g/mol. The Morgan fingerprint density at radius 2 is 2.00 bits per heavy atom. The first-order chi connectivity index (χ1) is 16.5. The molecule has 178 valence electrons. The fourth-order valence-corrected chi connectivity index (χ4v) is 4.31. The number of aryl methyl sites for hydroxylation is 1.